The van der Waals surface area contributed by atoms with Crippen molar-refractivity contribution < 1.29 is 5.11 Å². The molecule has 0 heterocycles. The van der Waals surface area contributed by atoms with E-state index in [1.165, 1.54) is 0 Å². The van der Waals surface area contributed by atoms with Gasteiger partial charge in [-0.2, -0.15) is 0 Å². The SMILES string of the molecule is C#CCNCc1cccc(Br)c1O. The van der Waals surface area contributed by atoms with Crippen molar-refractivity contribution in [1.29, 1.82) is 0 Å². The highest BCUT2D eigenvalue weighted by molar-refractivity contribution is 9.10. The number of rotatable bonds is 3. The van der Waals surface area contributed by atoms with Crippen LogP contribution in [0.15, 0.2) is 22.7 Å². The highest BCUT2D eigenvalue weighted by Crippen LogP contribution is 2.26. The second-order valence-electron chi connectivity index (χ2n) is 2.56. The van der Waals surface area contributed by atoms with E-state index >= 15 is 0 Å². The van der Waals surface area contributed by atoms with Crippen LogP contribution in [0.3, 0.4) is 0 Å². The van der Waals surface area contributed by atoms with E-state index in [0.29, 0.717) is 17.6 Å². The summed E-state index contributed by atoms with van der Waals surface area (Å²) in [6.45, 7) is 1.08. The molecule has 3 heteroatoms. The van der Waals surface area contributed by atoms with Crippen LogP contribution in [0.1, 0.15) is 5.56 Å². The molecular weight excluding hydrogens is 230 g/mol. The summed E-state index contributed by atoms with van der Waals surface area (Å²) in [4.78, 5) is 0. The zero-order valence-corrected chi connectivity index (χ0v) is 8.63. The van der Waals surface area contributed by atoms with Crippen LogP contribution >= 0.6 is 15.9 Å². The van der Waals surface area contributed by atoms with Crippen LogP contribution in [0.25, 0.3) is 0 Å². The molecule has 13 heavy (non-hydrogen) atoms. The molecule has 68 valence electrons. The Morgan fingerprint density at radius 2 is 2.31 bits per heavy atom. The Balaban J connectivity index is 2.67. The molecule has 0 bridgehead atoms. The van der Waals surface area contributed by atoms with Crippen LogP contribution in [0, 0.1) is 12.3 Å². The number of phenols is 1. The summed E-state index contributed by atoms with van der Waals surface area (Å²) in [5, 5.41) is 12.6. The fourth-order valence-electron chi connectivity index (χ4n) is 0.972. The van der Waals surface area contributed by atoms with Gasteiger partial charge >= 0.3 is 0 Å². The fourth-order valence-corrected chi connectivity index (χ4v) is 1.38. The van der Waals surface area contributed by atoms with Gasteiger partial charge < -0.3 is 10.4 Å². The van der Waals surface area contributed by atoms with Gasteiger partial charge in [-0.25, -0.2) is 0 Å². The van der Waals surface area contributed by atoms with Crippen LogP contribution in [-0.2, 0) is 6.54 Å². The van der Waals surface area contributed by atoms with Gasteiger partial charge in [-0.1, -0.05) is 18.1 Å². The Morgan fingerprint density at radius 1 is 1.54 bits per heavy atom. The molecule has 0 fully saturated rings. The summed E-state index contributed by atoms with van der Waals surface area (Å²) in [5.41, 5.74) is 0.838. The normalized spacial score (nSPS) is 9.54. The smallest absolute Gasteiger partial charge is 0.134 e. The van der Waals surface area contributed by atoms with E-state index in [4.69, 9.17) is 6.42 Å². The second-order valence-corrected chi connectivity index (χ2v) is 3.41. The number of para-hydroxylation sites is 1. The highest BCUT2D eigenvalue weighted by Gasteiger charge is 2.02. The lowest BCUT2D eigenvalue weighted by molar-refractivity contribution is 0.462. The Morgan fingerprint density at radius 3 is 3.00 bits per heavy atom. The zero-order valence-electron chi connectivity index (χ0n) is 7.05. The molecule has 0 amide bonds. The first kappa shape index (κ1) is 10.1. The van der Waals surface area contributed by atoms with Crippen LogP contribution in [0.5, 0.6) is 5.75 Å². The fraction of sp³-hybridized carbons (Fsp3) is 0.200. The van der Waals surface area contributed by atoms with Crippen molar-refractivity contribution in [2.24, 2.45) is 0 Å². The Labute approximate surface area is 86.1 Å². The molecule has 1 aromatic carbocycles. The van der Waals surface area contributed by atoms with Crippen molar-refractivity contribution in [2.75, 3.05) is 6.54 Å². The number of hydrogen-bond acceptors (Lipinski definition) is 2. The molecule has 0 aliphatic carbocycles. The summed E-state index contributed by atoms with van der Waals surface area (Å²) >= 11 is 3.24. The Kier molecular flexibility index (Phi) is 3.81. The van der Waals surface area contributed by atoms with Crippen LogP contribution in [0.2, 0.25) is 0 Å². The first-order valence-electron chi connectivity index (χ1n) is 3.86. The molecule has 2 N–H and O–H groups in total. The number of aromatic hydroxyl groups is 1. The quantitative estimate of drug-likeness (QED) is 0.624. The molecule has 0 aliphatic heterocycles. The van der Waals surface area contributed by atoms with Crippen molar-refractivity contribution in [3.63, 3.8) is 0 Å². The van der Waals surface area contributed by atoms with Crippen molar-refractivity contribution >= 4 is 15.9 Å². The predicted octanol–water partition coefficient (Wildman–Crippen LogP) is 1.88. The summed E-state index contributed by atoms with van der Waals surface area (Å²) in [7, 11) is 0. The van der Waals surface area contributed by atoms with Crippen LogP contribution < -0.4 is 5.32 Å². The minimum Gasteiger partial charge on any atom is -0.506 e. The van der Waals surface area contributed by atoms with Crippen molar-refractivity contribution in [3.8, 4) is 18.1 Å². The minimum absolute atomic E-state index is 0.270. The lowest BCUT2D eigenvalue weighted by atomic mass is 10.2. The first-order chi connectivity index (χ1) is 6.25. The number of nitrogens with one attached hydrogen (secondary N) is 1. The number of phenolic OH excluding ortho intramolecular Hbond substituents is 1. The third kappa shape index (κ3) is 2.76. The highest BCUT2D eigenvalue weighted by atomic mass is 79.9. The molecule has 0 radical (unpaired) electrons. The summed E-state index contributed by atoms with van der Waals surface area (Å²) < 4.78 is 0.701. The summed E-state index contributed by atoms with van der Waals surface area (Å²) in [5.74, 6) is 2.74. The maximum Gasteiger partial charge on any atom is 0.134 e. The van der Waals surface area contributed by atoms with Gasteiger partial charge in [0.1, 0.15) is 5.75 Å². The molecule has 1 aromatic rings. The standard InChI is InChI=1S/C10H10BrNO/c1-2-6-12-7-8-4-3-5-9(11)10(8)13/h1,3-5,12-13H,6-7H2. The van der Waals surface area contributed by atoms with Gasteiger partial charge in [0.25, 0.3) is 0 Å². The number of terminal acetylenes is 1. The van der Waals surface area contributed by atoms with E-state index in [1.807, 2.05) is 12.1 Å². The molecule has 0 saturated carbocycles. The molecular formula is C10H10BrNO. The van der Waals surface area contributed by atoms with Crippen molar-refractivity contribution in [3.05, 3.63) is 28.2 Å². The number of halogens is 1. The Hall–Kier alpha value is -0.980. The summed E-state index contributed by atoms with van der Waals surface area (Å²) in [6, 6.07) is 5.51. The molecule has 0 atom stereocenters. The van der Waals surface area contributed by atoms with Gasteiger partial charge in [-0.15, -0.1) is 6.42 Å². The average Bonchev–Trinajstić information content (AvgIpc) is 2.13. The monoisotopic (exact) mass is 239 g/mol. The van der Waals surface area contributed by atoms with E-state index in [1.54, 1.807) is 6.07 Å². The van der Waals surface area contributed by atoms with Crippen LogP contribution in [0.4, 0.5) is 0 Å². The number of hydrogen-bond donors (Lipinski definition) is 2. The lowest BCUT2D eigenvalue weighted by Gasteiger charge is -2.05. The molecule has 0 aliphatic rings. The van der Waals surface area contributed by atoms with Gasteiger partial charge in [-0.3, -0.25) is 0 Å². The second kappa shape index (κ2) is 4.90. The zero-order chi connectivity index (χ0) is 9.68. The largest absolute Gasteiger partial charge is 0.506 e. The first-order valence-corrected chi connectivity index (χ1v) is 4.65. The van der Waals surface area contributed by atoms with Gasteiger partial charge in [0.15, 0.2) is 0 Å². The maximum absolute atomic E-state index is 9.56. The van der Waals surface area contributed by atoms with E-state index in [2.05, 4.69) is 27.2 Å². The predicted molar refractivity (Wildman–Crippen MR) is 56.3 cm³/mol. The average molecular weight is 240 g/mol. The van der Waals surface area contributed by atoms with Gasteiger partial charge in [0, 0.05) is 12.1 Å². The third-order valence-corrected chi connectivity index (χ3v) is 2.25. The molecule has 0 saturated heterocycles. The molecule has 0 unspecified atom stereocenters. The van der Waals surface area contributed by atoms with E-state index in [9.17, 15) is 5.11 Å². The molecule has 1 rings (SSSR count). The van der Waals surface area contributed by atoms with Gasteiger partial charge in [0.05, 0.1) is 11.0 Å². The summed E-state index contributed by atoms with van der Waals surface area (Å²) in [6.07, 6.45) is 5.08. The molecule has 0 spiro atoms. The molecule has 0 aromatic heterocycles. The van der Waals surface area contributed by atoms with Gasteiger partial charge in [-0.05, 0) is 22.0 Å². The van der Waals surface area contributed by atoms with E-state index in [0.717, 1.165) is 5.56 Å². The van der Waals surface area contributed by atoms with E-state index < -0.39 is 0 Å². The third-order valence-electron chi connectivity index (χ3n) is 1.61. The maximum atomic E-state index is 9.56. The number of benzene rings is 1. The van der Waals surface area contributed by atoms with Crippen molar-refractivity contribution in [1.82, 2.24) is 5.32 Å². The topological polar surface area (TPSA) is 32.3 Å². The minimum atomic E-state index is 0.270. The van der Waals surface area contributed by atoms with Crippen molar-refractivity contribution in [2.45, 2.75) is 6.54 Å². The van der Waals surface area contributed by atoms with Crippen LogP contribution in [-0.4, -0.2) is 11.7 Å². The lowest BCUT2D eigenvalue weighted by Crippen LogP contribution is -2.12. The van der Waals surface area contributed by atoms with Gasteiger partial charge in [0.2, 0.25) is 0 Å². The van der Waals surface area contributed by atoms with E-state index in [-0.39, 0.29) is 5.75 Å². The molecule has 2 nitrogen and oxygen atoms in total. The Bertz CT molecular complexity index is 330.